The molecule has 1 aliphatic heterocycles. The van der Waals surface area contributed by atoms with E-state index in [0.717, 1.165) is 48.0 Å². The summed E-state index contributed by atoms with van der Waals surface area (Å²) in [7, 11) is -0.642. The van der Waals surface area contributed by atoms with Gasteiger partial charge in [-0.05, 0) is 23.3 Å². The third-order valence-corrected chi connectivity index (χ3v) is 6.47. The number of carbonyl (C=O) groups is 1. The number of hydrogen-bond acceptors (Lipinski definition) is 4. The zero-order valence-electron chi connectivity index (χ0n) is 16.8. The lowest BCUT2D eigenvalue weighted by atomic mass is 10.1. The molecule has 1 aliphatic rings. The molecule has 1 saturated heterocycles. The summed E-state index contributed by atoms with van der Waals surface area (Å²) in [6, 6.07) is 14.5. The third-order valence-electron chi connectivity index (χ3n) is 5.19. The van der Waals surface area contributed by atoms with Gasteiger partial charge in [0, 0.05) is 47.9 Å². The highest BCUT2D eigenvalue weighted by molar-refractivity contribution is 7.85. The fourth-order valence-corrected chi connectivity index (χ4v) is 4.58. The summed E-state index contributed by atoms with van der Waals surface area (Å²) < 4.78 is 13.5. The molecule has 0 atom stereocenters. The number of nitrogens with one attached hydrogen (secondary N) is 1. The van der Waals surface area contributed by atoms with Crippen LogP contribution in [0.15, 0.2) is 48.7 Å². The van der Waals surface area contributed by atoms with Crippen LogP contribution in [0.2, 0.25) is 0 Å². The minimum atomic E-state index is -0.642. The Hall–Kier alpha value is -2.51. The molecule has 0 spiro atoms. The fourth-order valence-electron chi connectivity index (χ4n) is 3.45. The van der Waals surface area contributed by atoms with Gasteiger partial charge in [0.05, 0.1) is 11.9 Å². The molecule has 2 aromatic heterocycles. The van der Waals surface area contributed by atoms with Gasteiger partial charge in [-0.3, -0.25) is 18.3 Å². The predicted octanol–water partition coefficient (Wildman–Crippen LogP) is 3.16. The Bertz CT molecular complexity index is 1030. The van der Waals surface area contributed by atoms with E-state index in [4.69, 9.17) is 0 Å². The molecule has 0 bridgehead atoms. The Morgan fingerprint density at radius 2 is 1.86 bits per heavy atom. The SMILES string of the molecule is CC(C)C(=O)Nc1cn2c(-c3ccc(CN4CCS(=O)CC4)cc3)cccc2n1. The standard InChI is InChI=1S/C22H26N4O2S/c1-16(2)22(27)24-20-15-26-19(4-3-5-21(26)23-20)18-8-6-17(7-9-18)14-25-10-12-29(28)13-11-25/h3-9,15-16H,10-14H2,1-2H3,(H,24,27). The lowest BCUT2D eigenvalue weighted by Crippen LogP contribution is -2.37. The van der Waals surface area contributed by atoms with E-state index < -0.39 is 10.8 Å². The van der Waals surface area contributed by atoms with Crippen LogP contribution in [0.25, 0.3) is 16.9 Å². The van der Waals surface area contributed by atoms with Crippen molar-refractivity contribution in [3.05, 3.63) is 54.2 Å². The second-order valence-electron chi connectivity index (χ2n) is 7.73. The van der Waals surface area contributed by atoms with Crippen molar-refractivity contribution < 1.29 is 9.00 Å². The number of amides is 1. The van der Waals surface area contributed by atoms with Gasteiger partial charge >= 0.3 is 0 Å². The number of anilines is 1. The Morgan fingerprint density at radius 1 is 1.14 bits per heavy atom. The summed E-state index contributed by atoms with van der Waals surface area (Å²) in [5.41, 5.74) is 4.18. The van der Waals surface area contributed by atoms with Crippen LogP contribution in [-0.4, -0.2) is 49.0 Å². The first-order valence-electron chi connectivity index (χ1n) is 9.95. The molecule has 4 rings (SSSR count). The van der Waals surface area contributed by atoms with Crippen LogP contribution in [0.5, 0.6) is 0 Å². The molecule has 29 heavy (non-hydrogen) atoms. The molecule has 7 heteroatoms. The number of rotatable bonds is 5. The number of fused-ring (bicyclic) bond motifs is 1. The first-order chi connectivity index (χ1) is 14.0. The fraction of sp³-hybridized carbons (Fsp3) is 0.364. The van der Waals surface area contributed by atoms with Crippen LogP contribution in [-0.2, 0) is 22.1 Å². The van der Waals surface area contributed by atoms with Crippen molar-refractivity contribution in [3.63, 3.8) is 0 Å². The number of aromatic nitrogens is 2. The van der Waals surface area contributed by atoms with E-state index >= 15 is 0 Å². The van der Waals surface area contributed by atoms with Gasteiger partial charge < -0.3 is 5.32 Å². The van der Waals surface area contributed by atoms with Gasteiger partial charge in [-0.1, -0.05) is 44.2 Å². The minimum Gasteiger partial charge on any atom is -0.309 e. The number of imidazole rings is 1. The zero-order valence-corrected chi connectivity index (χ0v) is 17.6. The molecule has 1 fully saturated rings. The van der Waals surface area contributed by atoms with Gasteiger partial charge in [-0.25, -0.2) is 4.98 Å². The van der Waals surface area contributed by atoms with E-state index in [1.807, 2.05) is 36.6 Å². The van der Waals surface area contributed by atoms with Crippen LogP contribution in [0.1, 0.15) is 19.4 Å². The van der Waals surface area contributed by atoms with Crippen LogP contribution < -0.4 is 5.32 Å². The maximum Gasteiger partial charge on any atom is 0.228 e. The summed E-state index contributed by atoms with van der Waals surface area (Å²) in [6.07, 6.45) is 1.87. The van der Waals surface area contributed by atoms with Gasteiger partial charge in [-0.15, -0.1) is 0 Å². The van der Waals surface area contributed by atoms with Crippen LogP contribution in [0, 0.1) is 5.92 Å². The first-order valence-corrected chi connectivity index (χ1v) is 11.4. The Balaban J connectivity index is 1.54. The molecular weight excluding hydrogens is 384 g/mol. The topological polar surface area (TPSA) is 66.7 Å². The number of carbonyl (C=O) groups excluding carboxylic acids is 1. The normalized spacial score (nSPS) is 15.8. The number of benzene rings is 1. The van der Waals surface area contributed by atoms with E-state index in [2.05, 4.69) is 45.5 Å². The predicted molar refractivity (Wildman–Crippen MR) is 117 cm³/mol. The van der Waals surface area contributed by atoms with Gasteiger partial charge in [0.25, 0.3) is 0 Å². The van der Waals surface area contributed by atoms with E-state index in [1.54, 1.807) is 0 Å². The first kappa shape index (κ1) is 19.8. The smallest absolute Gasteiger partial charge is 0.228 e. The molecule has 1 N–H and O–H groups in total. The lowest BCUT2D eigenvalue weighted by molar-refractivity contribution is -0.118. The highest BCUT2D eigenvalue weighted by Crippen LogP contribution is 2.23. The minimum absolute atomic E-state index is 0.0409. The van der Waals surface area contributed by atoms with Crippen molar-refractivity contribution in [2.75, 3.05) is 29.9 Å². The number of hydrogen-bond donors (Lipinski definition) is 1. The summed E-state index contributed by atoms with van der Waals surface area (Å²) in [6.45, 7) is 6.40. The molecule has 3 heterocycles. The van der Waals surface area contributed by atoms with E-state index in [0.29, 0.717) is 5.82 Å². The van der Waals surface area contributed by atoms with E-state index in [9.17, 15) is 9.00 Å². The molecule has 1 aromatic carbocycles. The molecule has 6 nitrogen and oxygen atoms in total. The monoisotopic (exact) mass is 410 g/mol. The maximum absolute atomic E-state index is 12.0. The van der Waals surface area contributed by atoms with Crippen LogP contribution in [0.3, 0.4) is 0 Å². The summed E-state index contributed by atoms with van der Waals surface area (Å²) in [4.78, 5) is 18.9. The summed E-state index contributed by atoms with van der Waals surface area (Å²) in [5, 5.41) is 2.87. The van der Waals surface area contributed by atoms with Crippen molar-refractivity contribution in [3.8, 4) is 11.3 Å². The Labute approximate surface area is 173 Å². The number of nitrogens with zero attached hydrogens (tertiary/aromatic N) is 3. The third kappa shape index (κ3) is 4.57. The molecule has 152 valence electrons. The average Bonchev–Trinajstić information content (AvgIpc) is 3.12. The highest BCUT2D eigenvalue weighted by Gasteiger charge is 2.15. The van der Waals surface area contributed by atoms with E-state index in [-0.39, 0.29) is 11.8 Å². The van der Waals surface area contributed by atoms with Crippen molar-refractivity contribution in [2.45, 2.75) is 20.4 Å². The van der Waals surface area contributed by atoms with Crippen molar-refractivity contribution >= 4 is 28.2 Å². The van der Waals surface area contributed by atoms with Crippen molar-refractivity contribution in [1.82, 2.24) is 14.3 Å². The second-order valence-corrected chi connectivity index (χ2v) is 9.43. The summed E-state index contributed by atoms with van der Waals surface area (Å²) >= 11 is 0. The molecule has 0 radical (unpaired) electrons. The molecule has 1 amide bonds. The largest absolute Gasteiger partial charge is 0.309 e. The lowest BCUT2D eigenvalue weighted by Gasteiger charge is -2.26. The molecule has 0 saturated carbocycles. The van der Waals surface area contributed by atoms with Gasteiger partial charge in [0.1, 0.15) is 5.65 Å². The number of pyridine rings is 1. The molecule has 0 unspecified atom stereocenters. The van der Waals surface area contributed by atoms with Crippen LogP contribution >= 0.6 is 0 Å². The van der Waals surface area contributed by atoms with E-state index in [1.165, 1.54) is 5.56 Å². The van der Waals surface area contributed by atoms with Gasteiger partial charge in [-0.2, -0.15) is 0 Å². The zero-order chi connectivity index (χ0) is 20.4. The molecule has 0 aliphatic carbocycles. The molecular formula is C22H26N4O2S. The second kappa shape index (κ2) is 8.47. The Morgan fingerprint density at radius 3 is 2.55 bits per heavy atom. The van der Waals surface area contributed by atoms with Gasteiger partial charge in [0.15, 0.2) is 5.82 Å². The summed E-state index contributed by atoms with van der Waals surface area (Å²) in [5.74, 6) is 1.98. The van der Waals surface area contributed by atoms with Crippen molar-refractivity contribution in [1.29, 1.82) is 0 Å². The molecule has 3 aromatic rings. The Kier molecular flexibility index (Phi) is 5.78. The van der Waals surface area contributed by atoms with Crippen molar-refractivity contribution in [2.24, 2.45) is 5.92 Å². The van der Waals surface area contributed by atoms with Gasteiger partial charge in [0.2, 0.25) is 5.91 Å². The average molecular weight is 411 g/mol. The highest BCUT2D eigenvalue weighted by atomic mass is 32.2. The maximum atomic E-state index is 12.0. The van der Waals surface area contributed by atoms with Crippen LogP contribution in [0.4, 0.5) is 5.82 Å². The quantitative estimate of drug-likeness (QED) is 0.702.